The standard InChI is InChI=1S/C15H18N2O4S/c1-11(15(18)21-2)17-9-8-16-14(17)10-12-6-4-5-7-13(12)22(3,19)20/h4-9,11H,10H2,1-3H3. The summed E-state index contributed by atoms with van der Waals surface area (Å²) in [5, 5.41) is 0. The van der Waals surface area contributed by atoms with E-state index in [1.807, 2.05) is 0 Å². The van der Waals surface area contributed by atoms with E-state index in [-0.39, 0.29) is 10.9 Å². The van der Waals surface area contributed by atoms with Crippen molar-refractivity contribution in [3.8, 4) is 0 Å². The zero-order valence-electron chi connectivity index (χ0n) is 12.7. The number of sulfone groups is 1. The lowest BCUT2D eigenvalue weighted by molar-refractivity contribution is -0.144. The summed E-state index contributed by atoms with van der Waals surface area (Å²) < 4.78 is 30.1. The normalized spacial score (nSPS) is 12.9. The van der Waals surface area contributed by atoms with Crippen LogP contribution in [0.5, 0.6) is 0 Å². The van der Waals surface area contributed by atoms with Crippen molar-refractivity contribution in [2.24, 2.45) is 0 Å². The molecular formula is C15H18N2O4S. The van der Waals surface area contributed by atoms with Crippen LogP contribution in [0, 0.1) is 0 Å². The predicted molar refractivity (Wildman–Crippen MR) is 81.3 cm³/mol. The molecule has 2 aromatic rings. The Labute approximate surface area is 129 Å². The van der Waals surface area contributed by atoms with Gasteiger partial charge in [-0.2, -0.15) is 0 Å². The third-order valence-corrected chi connectivity index (χ3v) is 4.63. The summed E-state index contributed by atoms with van der Waals surface area (Å²) in [6, 6.07) is 6.26. The molecule has 1 aromatic carbocycles. The molecule has 0 saturated carbocycles. The number of rotatable bonds is 5. The molecule has 0 aliphatic carbocycles. The van der Waals surface area contributed by atoms with E-state index >= 15 is 0 Å². The summed E-state index contributed by atoms with van der Waals surface area (Å²) in [6.45, 7) is 1.71. The summed E-state index contributed by atoms with van der Waals surface area (Å²) in [6.07, 6.45) is 4.75. The van der Waals surface area contributed by atoms with E-state index < -0.39 is 15.9 Å². The zero-order valence-corrected chi connectivity index (χ0v) is 13.5. The van der Waals surface area contributed by atoms with Crippen molar-refractivity contribution >= 4 is 15.8 Å². The minimum Gasteiger partial charge on any atom is -0.467 e. The van der Waals surface area contributed by atoms with Crippen LogP contribution < -0.4 is 0 Å². The Morgan fingerprint density at radius 1 is 1.36 bits per heavy atom. The number of benzene rings is 1. The first-order valence-electron chi connectivity index (χ1n) is 6.72. The number of nitrogens with zero attached hydrogens (tertiary/aromatic N) is 2. The first-order chi connectivity index (χ1) is 10.3. The van der Waals surface area contributed by atoms with E-state index in [2.05, 4.69) is 4.98 Å². The van der Waals surface area contributed by atoms with Gasteiger partial charge < -0.3 is 9.30 Å². The number of hydrogen-bond donors (Lipinski definition) is 0. The van der Waals surface area contributed by atoms with Gasteiger partial charge in [-0.25, -0.2) is 18.2 Å². The molecule has 0 amide bonds. The lowest BCUT2D eigenvalue weighted by atomic mass is 10.1. The SMILES string of the molecule is COC(=O)C(C)n1ccnc1Cc1ccccc1S(C)(=O)=O. The smallest absolute Gasteiger partial charge is 0.328 e. The molecule has 7 heteroatoms. The van der Waals surface area contributed by atoms with Crippen LogP contribution in [-0.2, 0) is 25.8 Å². The molecule has 1 aromatic heterocycles. The Hall–Kier alpha value is -2.15. The summed E-state index contributed by atoms with van der Waals surface area (Å²) in [4.78, 5) is 16.2. The summed E-state index contributed by atoms with van der Waals surface area (Å²) >= 11 is 0. The quantitative estimate of drug-likeness (QED) is 0.782. The molecule has 6 nitrogen and oxygen atoms in total. The van der Waals surface area contributed by atoms with Crippen molar-refractivity contribution in [3.63, 3.8) is 0 Å². The van der Waals surface area contributed by atoms with Crippen molar-refractivity contribution < 1.29 is 17.9 Å². The number of imidazole rings is 1. The van der Waals surface area contributed by atoms with Gasteiger partial charge in [0.15, 0.2) is 9.84 Å². The van der Waals surface area contributed by atoms with Crippen LogP contribution in [-0.4, -0.2) is 37.3 Å². The molecule has 118 valence electrons. The van der Waals surface area contributed by atoms with E-state index in [4.69, 9.17) is 4.74 Å². The molecule has 0 spiro atoms. The lowest BCUT2D eigenvalue weighted by Gasteiger charge is -2.15. The summed E-state index contributed by atoms with van der Waals surface area (Å²) in [5.74, 6) is 0.227. The van der Waals surface area contributed by atoms with Crippen molar-refractivity contribution in [1.82, 2.24) is 9.55 Å². The van der Waals surface area contributed by atoms with Gasteiger partial charge in [-0.3, -0.25) is 0 Å². The first-order valence-corrected chi connectivity index (χ1v) is 8.61. The minimum atomic E-state index is -3.32. The van der Waals surface area contributed by atoms with E-state index in [1.165, 1.54) is 13.4 Å². The van der Waals surface area contributed by atoms with Gasteiger partial charge in [-0.1, -0.05) is 18.2 Å². The van der Waals surface area contributed by atoms with Gasteiger partial charge in [0.25, 0.3) is 0 Å². The molecule has 22 heavy (non-hydrogen) atoms. The van der Waals surface area contributed by atoms with Crippen LogP contribution >= 0.6 is 0 Å². The Bertz CT molecular complexity index is 780. The molecule has 1 heterocycles. The topological polar surface area (TPSA) is 78.3 Å². The first kappa shape index (κ1) is 16.2. The van der Waals surface area contributed by atoms with Crippen molar-refractivity contribution in [2.45, 2.75) is 24.3 Å². The van der Waals surface area contributed by atoms with E-state index in [1.54, 1.807) is 48.1 Å². The van der Waals surface area contributed by atoms with E-state index in [9.17, 15) is 13.2 Å². The van der Waals surface area contributed by atoms with E-state index in [0.717, 1.165) is 0 Å². The number of carbonyl (C=O) groups is 1. The molecule has 1 atom stereocenters. The highest BCUT2D eigenvalue weighted by atomic mass is 32.2. The van der Waals surface area contributed by atoms with Gasteiger partial charge >= 0.3 is 5.97 Å². The molecule has 0 aliphatic heterocycles. The molecule has 0 aliphatic rings. The number of carbonyl (C=O) groups excluding carboxylic acids is 1. The van der Waals surface area contributed by atoms with Crippen LogP contribution in [0.3, 0.4) is 0 Å². The highest BCUT2D eigenvalue weighted by Gasteiger charge is 2.20. The van der Waals surface area contributed by atoms with Gasteiger partial charge in [0.2, 0.25) is 0 Å². The van der Waals surface area contributed by atoms with Crippen molar-refractivity contribution in [2.75, 3.05) is 13.4 Å². The molecule has 0 N–H and O–H groups in total. The van der Waals surface area contributed by atoms with Gasteiger partial charge in [0, 0.05) is 25.1 Å². The zero-order chi connectivity index (χ0) is 16.3. The third kappa shape index (κ3) is 3.36. The summed E-state index contributed by atoms with van der Waals surface area (Å²) in [5.41, 5.74) is 0.648. The Kier molecular flexibility index (Phi) is 4.65. The molecule has 0 bridgehead atoms. The monoisotopic (exact) mass is 322 g/mol. The fraction of sp³-hybridized carbons (Fsp3) is 0.333. The molecular weight excluding hydrogens is 304 g/mol. The van der Waals surface area contributed by atoms with Gasteiger partial charge in [-0.05, 0) is 18.6 Å². The Balaban J connectivity index is 2.38. The molecule has 0 fully saturated rings. The fourth-order valence-electron chi connectivity index (χ4n) is 2.30. The second-order valence-corrected chi connectivity index (χ2v) is 6.99. The number of ether oxygens (including phenoxy) is 1. The third-order valence-electron chi connectivity index (χ3n) is 3.43. The maximum atomic E-state index is 11.9. The summed E-state index contributed by atoms with van der Waals surface area (Å²) in [7, 11) is -1.99. The number of methoxy groups -OCH3 is 1. The van der Waals surface area contributed by atoms with Gasteiger partial charge in [0.1, 0.15) is 11.9 Å². The van der Waals surface area contributed by atoms with Gasteiger partial charge in [-0.15, -0.1) is 0 Å². The largest absolute Gasteiger partial charge is 0.467 e. The number of aromatic nitrogens is 2. The number of hydrogen-bond acceptors (Lipinski definition) is 5. The molecule has 0 radical (unpaired) electrons. The van der Waals surface area contributed by atoms with Crippen molar-refractivity contribution in [3.05, 3.63) is 48.0 Å². The average Bonchev–Trinajstić information content (AvgIpc) is 2.93. The van der Waals surface area contributed by atoms with Crippen LogP contribution in [0.15, 0.2) is 41.6 Å². The average molecular weight is 322 g/mol. The maximum absolute atomic E-state index is 11.9. The van der Waals surface area contributed by atoms with Crippen LogP contribution in [0.1, 0.15) is 24.4 Å². The van der Waals surface area contributed by atoms with Gasteiger partial charge in [0.05, 0.1) is 12.0 Å². The maximum Gasteiger partial charge on any atom is 0.328 e. The Morgan fingerprint density at radius 3 is 2.68 bits per heavy atom. The van der Waals surface area contributed by atoms with Crippen LogP contribution in [0.2, 0.25) is 0 Å². The molecule has 1 unspecified atom stereocenters. The molecule has 0 saturated heterocycles. The lowest BCUT2D eigenvalue weighted by Crippen LogP contribution is -2.19. The van der Waals surface area contributed by atoms with Crippen molar-refractivity contribution in [1.29, 1.82) is 0 Å². The Morgan fingerprint density at radius 2 is 2.05 bits per heavy atom. The highest BCUT2D eigenvalue weighted by molar-refractivity contribution is 7.90. The van der Waals surface area contributed by atoms with Crippen LogP contribution in [0.25, 0.3) is 0 Å². The number of esters is 1. The second kappa shape index (κ2) is 6.31. The predicted octanol–water partition coefficient (Wildman–Crippen LogP) is 1.61. The minimum absolute atomic E-state index is 0.273. The molecule has 2 rings (SSSR count). The van der Waals surface area contributed by atoms with E-state index in [0.29, 0.717) is 17.8 Å². The second-order valence-electron chi connectivity index (χ2n) is 5.01. The van der Waals surface area contributed by atoms with Crippen LogP contribution in [0.4, 0.5) is 0 Å². The highest BCUT2D eigenvalue weighted by Crippen LogP contribution is 2.20. The fourth-order valence-corrected chi connectivity index (χ4v) is 3.24.